The van der Waals surface area contributed by atoms with Crippen molar-refractivity contribution in [2.75, 3.05) is 32.7 Å². The molecule has 0 saturated carbocycles. The van der Waals surface area contributed by atoms with Crippen LogP contribution in [-0.2, 0) is 19.5 Å². The van der Waals surface area contributed by atoms with E-state index in [1.165, 1.54) is 30.4 Å². The third-order valence-electron chi connectivity index (χ3n) is 7.27. The zero-order valence-electron chi connectivity index (χ0n) is 18.2. The summed E-state index contributed by atoms with van der Waals surface area (Å²) in [5.74, 6) is 0.0616. The summed E-state index contributed by atoms with van der Waals surface area (Å²) in [5, 5.41) is 10.8. The van der Waals surface area contributed by atoms with Gasteiger partial charge in [0.15, 0.2) is 0 Å². The Morgan fingerprint density at radius 1 is 0.903 bits per heavy atom. The van der Waals surface area contributed by atoms with Crippen molar-refractivity contribution >= 4 is 5.91 Å². The van der Waals surface area contributed by atoms with Gasteiger partial charge in [-0.15, -0.1) is 0 Å². The molecule has 2 aromatic rings. The second-order valence-electron chi connectivity index (χ2n) is 9.33. The fourth-order valence-electron chi connectivity index (χ4n) is 5.49. The van der Waals surface area contributed by atoms with E-state index in [0.29, 0.717) is 13.1 Å². The van der Waals surface area contributed by atoms with Crippen molar-refractivity contribution in [3.8, 4) is 0 Å². The number of β-amino-alcohol motifs (C(OH)–C–C–N with tert-alkyl or cyclic N) is 1. The van der Waals surface area contributed by atoms with Crippen LogP contribution in [0.5, 0.6) is 0 Å². The first-order chi connectivity index (χ1) is 15.2. The molecule has 164 valence electrons. The molecule has 2 atom stereocenters. The maximum atomic E-state index is 13.5. The number of hydrogen-bond donors (Lipinski definition) is 1. The lowest BCUT2D eigenvalue weighted by Gasteiger charge is -2.34. The van der Waals surface area contributed by atoms with Crippen LogP contribution in [0.25, 0.3) is 0 Å². The Kier molecular flexibility index (Phi) is 6.08. The summed E-state index contributed by atoms with van der Waals surface area (Å²) >= 11 is 0. The molecular formula is C26H33N3O2. The molecular weight excluding hydrogens is 386 g/mol. The van der Waals surface area contributed by atoms with Crippen molar-refractivity contribution in [3.63, 3.8) is 0 Å². The quantitative estimate of drug-likeness (QED) is 0.828. The number of likely N-dealkylation sites (tertiary alicyclic amines) is 2. The SMILES string of the molecule is O=C(c1ccccc1CN1CCCCC1)N1C[C@H](O)[C@@H](N2CCc3ccccc3C2)C1. The smallest absolute Gasteiger partial charge is 0.254 e. The van der Waals surface area contributed by atoms with E-state index in [2.05, 4.69) is 40.1 Å². The molecule has 5 heteroatoms. The Morgan fingerprint density at radius 3 is 2.48 bits per heavy atom. The molecule has 5 rings (SSSR count). The van der Waals surface area contributed by atoms with Crippen molar-refractivity contribution in [2.24, 2.45) is 0 Å². The number of rotatable bonds is 4. The van der Waals surface area contributed by atoms with Gasteiger partial charge in [-0.2, -0.15) is 0 Å². The van der Waals surface area contributed by atoms with E-state index in [1.807, 2.05) is 23.1 Å². The average molecular weight is 420 g/mol. The molecule has 0 radical (unpaired) electrons. The van der Waals surface area contributed by atoms with Gasteiger partial charge in [-0.05, 0) is 55.1 Å². The van der Waals surface area contributed by atoms with Gasteiger partial charge in [0.1, 0.15) is 0 Å². The molecule has 3 aliphatic rings. The first-order valence-electron chi connectivity index (χ1n) is 11.8. The molecule has 0 unspecified atom stereocenters. The highest BCUT2D eigenvalue weighted by Gasteiger charge is 2.39. The van der Waals surface area contributed by atoms with Crippen LogP contribution in [0.2, 0.25) is 0 Å². The molecule has 5 nitrogen and oxygen atoms in total. The number of nitrogens with zero attached hydrogens (tertiary/aromatic N) is 3. The molecule has 0 bridgehead atoms. The van der Waals surface area contributed by atoms with Crippen LogP contribution < -0.4 is 0 Å². The Balaban J connectivity index is 1.28. The monoisotopic (exact) mass is 419 g/mol. The minimum absolute atomic E-state index is 0.00608. The highest BCUT2D eigenvalue weighted by molar-refractivity contribution is 5.96. The van der Waals surface area contributed by atoms with Crippen molar-refractivity contribution < 1.29 is 9.90 Å². The van der Waals surface area contributed by atoms with Crippen LogP contribution in [0.4, 0.5) is 0 Å². The minimum atomic E-state index is -0.497. The topological polar surface area (TPSA) is 47.0 Å². The summed E-state index contributed by atoms with van der Waals surface area (Å²) in [4.78, 5) is 20.1. The van der Waals surface area contributed by atoms with Gasteiger partial charge in [0.25, 0.3) is 5.91 Å². The van der Waals surface area contributed by atoms with Crippen LogP contribution in [-0.4, -0.2) is 70.6 Å². The molecule has 0 aliphatic carbocycles. The Labute approximate surface area is 185 Å². The second kappa shape index (κ2) is 9.11. The third-order valence-corrected chi connectivity index (χ3v) is 7.27. The van der Waals surface area contributed by atoms with Gasteiger partial charge in [-0.3, -0.25) is 14.6 Å². The molecule has 3 aliphatic heterocycles. The molecule has 2 fully saturated rings. The van der Waals surface area contributed by atoms with Crippen molar-refractivity contribution in [3.05, 3.63) is 70.8 Å². The van der Waals surface area contributed by atoms with Gasteiger partial charge in [0.2, 0.25) is 0 Å². The van der Waals surface area contributed by atoms with Crippen molar-refractivity contribution in [1.29, 1.82) is 0 Å². The fraction of sp³-hybridized carbons (Fsp3) is 0.500. The number of piperidine rings is 1. The van der Waals surface area contributed by atoms with E-state index in [-0.39, 0.29) is 11.9 Å². The predicted octanol–water partition coefficient (Wildman–Crippen LogP) is 2.92. The van der Waals surface area contributed by atoms with Crippen LogP contribution in [0.1, 0.15) is 46.3 Å². The number of aliphatic hydroxyl groups excluding tert-OH is 1. The molecule has 3 heterocycles. The standard InChI is InChI=1S/C26H33N3O2/c30-25-19-29(18-24(25)28-15-12-20-8-2-3-9-21(20)17-28)26(31)23-11-5-4-10-22(23)16-27-13-6-1-7-14-27/h2-5,8-11,24-25,30H,1,6-7,12-19H2/t24-,25-/m0/s1. The summed E-state index contributed by atoms with van der Waals surface area (Å²) in [6, 6.07) is 16.6. The number of fused-ring (bicyclic) bond motifs is 1. The van der Waals surface area contributed by atoms with E-state index in [0.717, 1.165) is 50.3 Å². The Hall–Kier alpha value is -2.21. The predicted molar refractivity (Wildman–Crippen MR) is 122 cm³/mol. The molecule has 0 aromatic heterocycles. The summed E-state index contributed by atoms with van der Waals surface area (Å²) < 4.78 is 0. The Bertz CT molecular complexity index is 924. The number of carbonyl (C=O) groups is 1. The number of benzene rings is 2. The molecule has 2 aromatic carbocycles. The molecule has 0 spiro atoms. The first kappa shape index (κ1) is 20.7. The van der Waals surface area contributed by atoms with E-state index >= 15 is 0 Å². The van der Waals surface area contributed by atoms with Gasteiger partial charge in [0, 0.05) is 38.3 Å². The van der Waals surface area contributed by atoms with Crippen LogP contribution >= 0.6 is 0 Å². The van der Waals surface area contributed by atoms with Crippen LogP contribution in [0.3, 0.4) is 0 Å². The van der Waals surface area contributed by atoms with E-state index < -0.39 is 6.10 Å². The second-order valence-corrected chi connectivity index (χ2v) is 9.33. The lowest BCUT2D eigenvalue weighted by atomic mass is 9.98. The normalized spacial score (nSPS) is 24.9. The van der Waals surface area contributed by atoms with Crippen molar-refractivity contribution in [2.45, 2.75) is 50.9 Å². The minimum Gasteiger partial charge on any atom is -0.390 e. The number of amides is 1. The third kappa shape index (κ3) is 4.40. The number of hydrogen-bond acceptors (Lipinski definition) is 4. The van der Waals surface area contributed by atoms with Gasteiger partial charge in [-0.1, -0.05) is 48.9 Å². The molecule has 1 N–H and O–H groups in total. The number of carbonyl (C=O) groups excluding carboxylic acids is 1. The zero-order chi connectivity index (χ0) is 21.2. The summed E-state index contributed by atoms with van der Waals surface area (Å²) in [6.07, 6.45) is 4.31. The van der Waals surface area contributed by atoms with E-state index in [1.54, 1.807) is 0 Å². The zero-order valence-corrected chi connectivity index (χ0v) is 18.2. The molecule has 1 amide bonds. The summed E-state index contributed by atoms with van der Waals surface area (Å²) in [7, 11) is 0. The largest absolute Gasteiger partial charge is 0.390 e. The van der Waals surface area contributed by atoms with Gasteiger partial charge < -0.3 is 10.0 Å². The average Bonchev–Trinajstić information content (AvgIpc) is 3.21. The van der Waals surface area contributed by atoms with Crippen LogP contribution in [0, 0.1) is 0 Å². The van der Waals surface area contributed by atoms with E-state index in [9.17, 15) is 9.90 Å². The van der Waals surface area contributed by atoms with Crippen LogP contribution in [0.15, 0.2) is 48.5 Å². The Morgan fingerprint density at radius 2 is 1.65 bits per heavy atom. The molecule has 31 heavy (non-hydrogen) atoms. The first-order valence-corrected chi connectivity index (χ1v) is 11.8. The lowest BCUT2D eigenvalue weighted by Crippen LogP contribution is -2.45. The maximum Gasteiger partial charge on any atom is 0.254 e. The summed E-state index contributed by atoms with van der Waals surface area (Å²) in [5.41, 5.74) is 4.66. The fourth-order valence-corrected chi connectivity index (χ4v) is 5.49. The van der Waals surface area contributed by atoms with Gasteiger partial charge >= 0.3 is 0 Å². The highest BCUT2D eigenvalue weighted by Crippen LogP contribution is 2.26. The van der Waals surface area contributed by atoms with E-state index in [4.69, 9.17) is 0 Å². The van der Waals surface area contributed by atoms with Gasteiger partial charge in [0.05, 0.1) is 12.1 Å². The number of aliphatic hydroxyl groups is 1. The lowest BCUT2D eigenvalue weighted by molar-refractivity contribution is 0.0734. The van der Waals surface area contributed by atoms with Crippen molar-refractivity contribution in [1.82, 2.24) is 14.7 Å². The van der Waals surface area contributed by atoms with Gasteiger partial charge in [-0.25, -0.2) is 0 Å². The highest BCUT2D eigenvalue weighted by atomic mass is 16.3. The summed E-state index contributed by atoms with van der Waals surface area (Å²) in [6.45, 7) is 5.87. The molecule has 2 saturated heterocycles. The maximum absolute atomic E-state index is 13.5.